The van der Waals surface area contributed by atoms with Crippen molar-refractivity contribution >= 4 is 17.8 Å². The Balaban J connectivity index is 1.71. The maximum absolute atomic E-state index is 12.6. The summed E-state index contributed by atoms with van der Waals surface area (Å²) in [6.45, 7) is 3.53. The number of carbonyl (C=O) groups excluding carboxylic acids is 3. The van der Waals surface area contributed by atoms with E-state index in [1.54, 1.807) is 0 Å². The lowest BCUT2D eigenvalue weighted by Gasteiger charge is -2.33. The maximum atomic E-state index is 12.6. The molecule has 1 N–H and O–H groups in total. The molecule has 0 aliphatic carbocycles. The van der Waals surface area contributed by atoms with E-state index in [2.05, 4.69) is 6.92 Å². The number of rotatable bonds is 5. The van der Waals surface area contributed by atoms with Crippen molar-refractivity contribution in [1.82, 2.24) is 9.80 Å². The van der Waals surface area contributed by atoms with Crippen LogP contribution in [-0.2, 0) is 16.1 Å². The molecule has 6 heteroatoms. The van der Waals surface area contributed by atoms with Crippen molar-refractivity contribution in [2.75, 3.05) is 13.2 Å². The zero-order valence-electron chi connectivity index (χ0n) is 14.0. The third kappa shape index (κ3) is 3.19. The van der Waals surface area contributed by atoms with Crippen molar-refractivity contribution in [3.8, 4) is 0 Å². The molecule has 2 atom stereocenters. The van der Waals surface area contributed by atoms with E-state index in [-0.39, 0.29) is 6.54 Å². The quantitative estimate of drug-likeness (QED) is 0.641. The van der Waals surface area contributed by atoms with Gasteiger partial charge >= 0.3 is 17.8 Å². The molecule has 4 amide bonds. The minimum Gasteiger partial charge on any atom is -0.315 e. The first kappa shape index (κ1) is 16.6. The lowest BCUT2D eigenvalue weighted by atomic mass is 10.0. The first-order valence-corrected chi connectivity index (χ1v) is 8.67. The van der Waals surface area contributed by atoms with Gasteiger partial charge < -0.3 is 4.90 Å². The summed E-state index contributed by atoms with van der Waals surface area (Å²) < 4.78 is 0. The molecule has 1 aromatic carbocycles. The van der Waals surface area contributed by atoms with Gasteiger partial charge in [0.1, 0.15) is 0 Å². The summed E-state index contributed by atoms with van der Waals surface area (Å²) >= 11 is 0. The first-order valence-electron chi connectivity index (χ1n) is 8.67. The number of likely N-dealkylation sites (tertiary alicyclic amines) is 1. The number of quaternary nitrogens is 1. The van der Waals surface area contributed by atoms with Crippen molar-refractivity contribution in [3.05, 3.63) is 35.9 Å². The Morgan fingerprint density at radius 2 is 1.75 bits per heavy atom. The van der Waals surface area contributed by atoms with Crippen molar-refractivity contribution in [2.45, 2.75) is 45.2 Å². The Morgan fingerprint density at radius 1 is 1.04 bits per heavy atom. The molecule has 0 aromatic heterocycles. The predicted octanol–water partition coefficient (Wildman–Crippen LogP) is 0.782. The van der Waals surface area contributed by atoms with E-state index in [9.17, 15) is 14.4 Å². The minimum atomic E-state index is -0.715. The van der Waals surface area contributed by atoms with Crippen LogP contribution in [0.25, 0.3) is 0 Å². The third-order valence-electron chi connectivity index (χ3n) is 5.05. The normalized spacial score (nSPS) is 24.8. The van der Waals surface area contributed by atoms with Crippen molar-refractivity contribution in [3.63, 3.8) is 0 Å². The topological polar surface area (TPSA) is 62.1 Å². The molecule has 0 saturated carbocycles. The number of nitrogens with one attached hydrogen (secondary N) is 1. The fourth-order valence-corrected chi connectivity index (χ4v) is 3.65. The van der Waals surface area contributed by atoms with Crippen LogP contribution in [0, 0.1) is 0 Å². The Kier molecular flexibility index (Phi) is 4.94. The van der Waals surface area contributed by atoms with Gasteiger partial charge in [0.25, 0.3) is 0 Å². The number of nitrogens with zero attached hydrogens (tertiary/aromatic N) is 2. The number of urea groups is 1. The fraction of sp³-hybridized carbons (Fsp3) is 0.500. The molecule has 2 heterocycles. The van der Waals surface area contributed by atoms with Gasteiger partial charge in [-0.1, -0.05) is 37.3 Å². The largest absolute Gasteiger partial charge is 0.339 e. The van der Waals surface area contributed by atoms with Gasteiger partial charge in [-0.25, -0.2) is 9.69 Å². The van der Waals surface area contributed by atoms with E-state index in [0.717, 1.165) is 41.2 Å². The van der Waals surface area contributed by atoms with Crippen LogP contribution in [0.4, 0.5) is 4.79 Å². The average Bonchev–Trinajstić information content (AvgIpc) is 2.81. The molecule has 2 aliphatic rings. The molecule has 2 fully saturated rings. The zero-order chi connectivity index (χ0) is 17.1. The minimum absolute atomic E-state index is 0.146. The zero-order valence-corrected chi connectivity index (χ0v) is 14.0. The van der Waals surface area contributed by atoms with Crippen LogP contribution in [0.2, 0.25) is 0 Å². The summed E-state index contributed by atoms with van der Waals surface area (Å²) in [7, 11) is 0. The average molecular weight is 330 g/mol. The number of carbonyl (C=O) groups is 3. The molecule has 0 radical (unpaired) electrons. The van der Waals surface area contributed by atoms with Crippen LogP contribution in [0.1, 0.15) is 38.2 Å². The summed E-state index contributed by atoms with van der Waals surface area (Å²) in [5.41, 5.74) is 0.839. The van der Waals surface area contributed by atoms with Crippen LogP contribution in [-0.4, -0.2) is 46.9 Å². The van der Waals surface area contributed by atoms with E-state index >= 15 is 0 Å². The number of piperidine rings is 1. The molecule has 0 bridgehead atoms. The summed E-state index contributed by atoms with van der Waals surface area (Å²) in [5.74, 6) is -1.41. The highest BCUT2D eigenvalue weighted by Crippen LogP contribution is 2.15. The van der Waals surface area contributed by atoms with E-state index in [4.69, 9.17) is 0 Å². The van der Waals surface area contributed by atoms with Gasteiger partial charge in [-0.15, -0.1) is 0 Å². The lowest BCUT2D eigenvalue weighted by Crippen LogP contribution is -3.18. The fourth-order valence-electron chi connectivity index (χ4n) is 3.65. The highest BCUT2D eigenvalue weighted by molar-refractivity contribution is 6.44. The number of benzene rings is 1. The smallest absolute Gasteiger partial charge is 0.315 e. The van der Waals surface area contributed by atoms with Crippen molar-refractivity contribution < 1.29 is 19.3 Å². The number of imide groups is 2. The number of hydrogen-bond donors (Lipinski definition) is 1. The second-order valence-electron chi connectivity index (χ2n) is 6.56. The Morgan fingerprint density at radius 3 is 2.46 bits per heavy atom. The maximum Gasteiger partial charge on any atom is 0.339 e. The summed E-state index contributed by atoms with van der Waals surface area (Å²) in [5, 5.41) is 0. The van der Waals surface area contributed by atoms with Crippen LogP contribution in [0.5, 0.6) is 0 Å². The molecule has 2 saturated heterocycles. The highest BCUT2D eigenvalue weighted by atomic mass is 16.2. The van der Waals surface area contributed by atoms with Gasteiger partial charge in [-0.3, -0.25) is 14.5 Å². The van der Waals surface area contributed by atoms with Gasteiger partial charge in [0.15, 0.2) is 6.67 Å². The monoisotopic (exact) mass is 330 g/mol. The molecule has 1 unspecified atom stereocenters. The first-order chi connectivity index (χ1) is 11.6. The Bertz CT molecular complexity index is 632. The second-order valence-corrected chi connectivity index (χ2v) is 6.56. The molecular formula is C18H24N3O3+. The van der Waals surface area contributed by atoms with Crippen LogP contribution in [0.15, 0.2) is 30.3 Å². The van der Waals surface area contributed by atoms with Gasteiger partial charge in [0.05, 0.1) is 19.1 Å². The van der Waals surface area contributed by atoms with Gasteiger partial charge in [-0.2, -0.15) is 0 Å². The molecule has 6 nitrogen and oxygen atoms in total. The molecule has 1 aromatic rings. The van der Waals surface area contributed by atoms with Crippen LogP contribution in [0.3, 0.4) is 0 Å². The Hall–Kier alpha value is -2.21. The summed E-state index contributed by atoms with van der Waals surface area (Å²) in [4.78, 5) is 40.5. The predicted molar refractivity (Wildman–Crippen MR) is 87.9 cm³/mol. The Labute approximate surface area is 142 Å². The lowest BCUT2D eigenvalue weighted by molar-refractivity contribution is -0.937. The second kappa shape index (κ2) is 7.13. The third-order valence-corrected chi connectivity index (χ3v) is 5.05. The molecule has 128 valence electrons. The number of amides is 4. The van der Waals surface area contributed by atoms with E-state index in [0.29, 0.717) is 12.7 Å². The SMILES string of the molecule is CC[C@H]1CCCC[NH+]1CN1C(=O)C(=O)N(Cc2ccccc2)C1=O. The van der Waals surface area contributed by atoms with Gasteiger partial charge in [0, 0.05) is 0 Å². The van der Waals surface area contributed by atoms with Crippen molar-refractivity contribution in [1.29, 1.82) is 0 Å². The van der Waals surface area contributed by atoms with E-state index in [1.807, 2.05) is 30.3 Å². The van der Waals surface area contributed by atoms with Crippen LogP contribution >= 0.6 is 0 Å². The molecule has 0 spiro atoms. The van der Waals surface area contributed by atoms with Gasteiger partial charge in [-0.05, 0) is 31.2 Å². The summed E-state index contributed by atoms with van der Waals surface area (Å²) in [6, 6.07) is 9.24. The molecule has 3 rings (SSSR count). The van der Waals surface area contributed by atoms with E-state index in [1.165, 1.54) is 11.3 Å². The molecule has 24 heavy (non-hydrogen) atoms. The highest BCUT2D eigenvalue weighted by Gasteiger charge is 2.46. The molecule has 2 aliphatic heterocycles. The van der Waals surface area contributed by atoms with Crippen molar-refractivity contribution in [2.24, 2.45) is 0 Å². The van der Waals surface area contributed by atoms with Crippen LogP contribution < -0.4 is 4.90 Å². The van der Waals surface area contributed by atoms with Gasteiger partial charge in [0.2, 0.25) is 0 Å². The summed E-state index contributed by atoms with van der Waals surface area (Å²) in [6.07, 6.45) is 4.43. The standard InChI is InChI=1S/C18H23N3O3/c1-2-15-10-6-7-11-19(15)13-21-17(23)16(22)20(18(21)24)12-14-8-4-3-5-9-14/h3-5,8-9,15H,2,6-7,10-13H2,1H3/p+1/t15-/m0/s1. The van der Waals surface area contributed by atoms with E-state index < -0.39 is 17.8 Å². The number of hydrogen-bond acceptors (Lipinski definition) is 3. The molecular weight excluding hydrogens is 306 g/mol.